The average Bonchev–Trinajstić information content (AvgIpc) is 2.70. The van der Waals surface area contributed by atoms with Crippen LogP contribution in [-0.4, -0.2) is 28.6 Å². The molecule has 1 aromatic rings. The first-order chi connectivity index (χ1) is 7.59. The molecule has 90 valence electrons. The van der Waals surface area contributed by atoms with Crippen LogP contribution in [-0.2, 0) is 11.2 Å². The Hall–Kier alpha value is -1.29. The van der Waals surface area contributed by atoms with E-state index in [-0.39, 0.29) is 18.2 Å². The summed E-state index contributed by atoms with van der Waals surface area (Å²) in [6.45, 7) is 4.40. The Kier molecular flexibility index (Phi) is 5.05. The fourth-order valence-electron chi connectivity index (χ4n) is 1.36. The summed E-state index contributed by atoms with van der Waals surface area (Å²) in [6.07, 6.45) is 2.28. The van der Waals surface area contributed by atoms with Crippen LogP contribution < -0.4 is 5.32 Å². The van der Waals surface area contributed by atoms with E-state index in [0.29, 0.717) is 6.54 Å². The Morgan fingerprint density at radius 3 is 2.88 bits per heavy atom. The molecule has 0 aliphatic carbocycles. The number of rotatable bonds is 6. The molecule has 0 aliphatic heterocycles. The smallest absolute Gasteiger partial charge is 0.222 e. The third-order valence-corrected chi connectivity index (χ3v) is 2.54. The van der Waals surface area contributed by atoms with E-state index in [1.165, 1.54) is 0 Å². The van der Waals surface area contributed by atoms with Crippen molar-refractivity contribution >= 4 is 5.91 Å². The molecule has 0 aromatic carbocycles. The second-order valence-electron chi connectivity index (χ2n) is 4.31. The van der Waals surface area contributed by atoms with Crippen LogP contribution in [0.2, 0.25) is 0 Å². The number of aliphatic hydroxyl groups is 1. The highest BCUT2D eigenvalue weighted by atomic mass is 16.3. The summed E-state index contributed by atoms with van der Waals surface area (Å²) in [5.41, 5.74) is 1.10. The van der Waals surface area contributed by atoms with Crippen LogP contribution in [0.4, 0.5) is 0 Å². The van der Waals surface area contributed by atoms with Gasteiger partial charge in [-0.2, -0.15) is 0 Å². The highest BCUT2D eigenvalue weighted by molar-refractivity contribution is 5.76. The van der Waals surface area contributed by atoms with E-state index in [0.717, 1.165) is 12.1 Å². The van der Waals surface area contributed by atoms with Gasteiger partial charge < -0.3 is 15.4 Å². The van der Waals surface area contributed by atoms with Crippen molar-refractivity contribution in [2.24, 2.45) is 5.92 Å². The van der Waals surface area contributed by atoms with E-state index in [1.807, 2.05) is 32.2 Å². The van der Waals surface area contributed by atoms with Crippen molar-refractivity contribution in [3.63, 3.8) is 0 Å². The maximum absolute atomic E-state index is 11.4. The minimum atomic E-state index is -0.550. The molecule has 1 rings (SSSR count). The molecule has 0 spiro atoms. The number of carbonyl (C=O) groups is 1. The van der Waals surface area contributed by atoms with E-state index >= 15 is 0 Å². The minimum Gasteiger partial charge on any atom is -0.392 e. The second kappa shape index (κ2) is 6.33. The summed E-state index contributed by atoms with van der Waals surface area (Å²) in [7, 11) is 0. The normalized spacial score (nSPS) is 12.8. The number of aliphatic hydroxyl groups excluding tert-OH is 1. The number of amides is 1. The van der Waals surface area contributed by atoms with Crippen LogP contribution in [0, 0.1) is 5.92 Å². The predicted molar refractivity (Wildman–Crippen MR) is 63.0 cm³/mol. The first-order valence-corrected chi connectivity index (χ1v) is 5.66. The van der Waals surface area contributed by atoms with Crippen molar-refractivity contribution < 1.29 is 9.90 Å². The van der Waals surface area contributed by atoms with E-state index in [2.05, 4.69) is 10.3 Å². The number of carbonyl (C=O) groups excluding carboxylic acids is 1. The van der Waals surface area contributed by atoms with Gasteiger partial charge in [-0.3, -0.25) is 4.79 Å². The lowest BCUT2D eigenvalue weighted by atomic mass is 10.0. The molecular formula is C12H20N2O2. The molecule has 4 heteroatoms. The molecule has 1 unspecified atom stereocenters. The third kappa shape index (κ3) is 4.49. The van der Waals surface area contributed by atoms with Crippen molar-refractivity contribution in [2.75, 3.05) is 6.54 Å². The van der Waals surface area contributed by atoms with Gasteiger partial charge in [0.2, 0.25) is 5.91 Å². The predicted octanol–water partition coefficient (Wildman–Crippen LogP) is 1.08. The summed E-state index contributed by atoms with van der Waals surface area (Å²) in [4.78, 5) is 14.5. The second-order valence-corrected chi connectivity index (χ2v) is 4.31. The molecule has 0 aliphatic rings. The lowest BCUT2D eigenvalue weighted by molar-refractivity contribution is -0.123. The summed E-state index contributed by atoms with van der Waals surface area (Å²) >= 11 is 0. The Morgan fingerprint density at radius 2 is 2.31 bits per heavy atom. The van der Waals surface area contributed by atoms with Gasteiger partial charge in [0, 0.05) is 24.9 Å². The van der Waals surface area contributed by atoms with E-state index in [9.17, 15) is 9.90 Å². The summed E-state index contributed by atoms with van der Waals surface area (Å²) < 4.78 is 0. The summed E-state index contributed by atoms with van der Waals surface area (Å²) in [5, 5.41) is 12.3. The topological polar surface area (TPSA) is 65.1 Å². The summed E-state index contributed by atoms with van der Waals surface area (Å²) in [6, 6.07) is 3.91. The number of aromatic nitrogens is 1. The van der Waals surface area contributed by atoms with E-state index in [4.69, 9.17) is 0 Å². The van der Waals surface area contributed by atoms with Crippen LogP contribution in [0.1, 0.15) is 26.0 Å². The Bertz CT molecular complexity index is 307. The van der Waals surface area contributed by atoms with Gasteiger partial charge in [0.1, 0.15) is 0 Å². The highest BCUT2D eigenvalue weighted by Crippen LogP contribution is 2.04. The van der Waals surface area contributed by atoms with Crippen LogP contribution in [0.5, 0.6) is 0 Å². The average molecular weight is 224 g/mol. The zero-order chi connectivity index (χ0) is 12.0. The number of hydrogen-bond acceptors (Lipinski definition) is 2. The zero-order valence-corrected chi connectivity index (χ0v) is 9.86. The Labute approximate surface area is 96.1 Å². The number of H-pyrrole nitrogens is 1. The molecule has 0 fully saturated rings. The minimum absolute atomic E-state index is 0.0900. The van der Waals surface area contributed by atoms with Gasteiger partial charge in [0.15, 0.2) is 0 Å². The number of aromatic amines is 1. The lowest BCUT2D eigenvalue weighted by Gasteiger charge is -2.13. The zero-order valence-electron chi connectivity index (χ0n) is 9.86. The molecule has 0 bridgehead atoms. The van der Waals surface area contributed by atoms with Crippen molar-refractivity contribution in [2.45, 2.75) is 32.8 Å². The lowest BCUT2D eigenvalue weighted by Crippen LogP contribution is -2.30. The molecule has 4 nitrogen and oxygen atoms in total. The van der Waals surface area contributed by atoms with Crippen molar-refractivity contribution in [1.82, 2.24) is 10.3 Å². The Balaban J connectivity index is 2.15. The molecule has 0 saturated carbocycles. The molecule has 1 aromatic heterocycles. The SMILES string of the molecule is CC(C)C(O)CC(=O)NCCc1ccc[nH]1. The molecule has 0 radical (unpaired) electrons. The van der Waals surface area contributed by atoms with Crippen LogP contribution in [0.25, 0.3) is 0 Å². The maximum Gasteiger partial charge on any atom is 0.222 e. The van der Waals surface area contributed by atoms with Crippen molar-refractivity contribution in [3.8, 4) is 0 Å². The van der Waals surface area contributed by atoms with E-state index < -0.39 is 6.10 Å². The maximum atomic E-state index is 11.4. The van der Waals surface area contributed by atoms with Crippen molar-refractivity contribution in [1.29, 1.82) is 0 Å². The van der Waals surface area contributed by atoms with Gasteiger partial charge in [-0.25, -0.2) is 0 Å². The largest absolute Gasteiger partial charge is 0.392 e. The molecule has 1 atom stereocenters. The van der Waals surface area contributed by atoms with Gasteiger partial charge in [-0.05, 0) is 18.1 Å². The fraction of sp³-hybridized carbons (Fsp3) is 0.583. The van der Waals surface area contributed by atoms with Gasteiger partial charge in [-0.15, -0.1) is 0 Å². The van der Waals surface area contributed by atoms with Gasteiger partial charge in [-0.1, -0.05) is 13.8 Å². The number of nitrogens with one attached hydrogen (secondary N) is 2. The van der Waals surface area contributed by atoms with Crippen LogP contribution in [0.15, 0.2) is 18.3 Å². The standard InChI is InChI=1S/C12H20N2O2/c1-9(2)11(15)8-12(16)14-7-5-10-4-3-6-13-10/h3-4,6,9,11,13,15H,5,7-8H2,1-2H3,(H,14,16). The molecular weight excluding hydrogens is 204 g/mol. The monoisotopic (exact) mass is 224 g/mol. The molecule has 3 N–H and O–H groups in total. The van der Waals surface area contributed by atoms with Crippen LogP contribution in [0.3, 0.4) is 0 Å². The quantitative estimate of drug-likeness (QED) is 0.677. The molecule has 1 heterocycles. The first kappa shape index (κ1) is 12.8. The molecule has 0 saturated heterocycles. The summed E-state index contributed by atoms with van der Waals surface area (Å²) in [5.74, 6) is 0.0295. The number of hydrogen-bond donors (Lipinski definition) is 3. The Morgan fingerprint density at radius 1 is 1.56 bits per heavy atom. The fourth-order valence-corrected chi connectivity index (χ4v) is 1.36. The van der Waals surface area contributed by atoms with Crippen LogP contribution >= 0.6 is 0 Å². The highest BCUT2D eigenvalue weighted by Gasteiger charge is 2.13. The first-order valence-electron chi connectivity index (χ1n) is 5.66. The van der Waals surface area contributed by atoms with E-state index in [1.54, 1.807) is 0 Å². The van der Waals surface area contributed by atoms with Gasteiger partial charge in [0.05, 0.1) is 12.5 Å². The molecule has 1 amide bonds. The molecule has 16 heavy (non-hydrogen) atoms. The third-order valence-electron chi connectivity index (χ3n) is 2.54. The van der Waals surface area contributed by atoms with Crippen molar-refractivity contribution in [3.05, 3.63) is 24.0 Å². The van der Waals surface area contributed by atoms with Gasteiger partial charge >= 0.3 is 0 Å². The van der Waals surface area contributed by atoms with Gasteiger partial charge in [0.25, 0.3) is 0 Å².